The van der Waals surface area contributed by atoms with Crippen LogP contribution in [0.5, 0.6) is 0 Å². The number of aryl methyl sites for hydroxylation is 1. The van der Waals surface area contributed by atoms with Gasteiger partial charge < -0.3 is 9.74 Å². The van der Waals surface area contributed by atoms with Crippen molar-refractivity contribution in [1.29, 1.82) is 0 Å². The molecule has 13 heteroatoms. The first-order valence-electron chi connectivity index (χ1n) is 11.8. The fourth-order valence-electron chi connectivity index (χ4n) is 4.25. The molecule has 4 rings (SSSR count). The third-order valence-corrected chi connectivity index (χ3v) is 7.47. The minimum absolute atomic E-state index is 0.151. The molecule has 2 heterocycles. The Kier molecular flexibility index (Phi) is 8.27. The van der Waals surface area contributed by atoms with Gasteiger partial charge in [-0.25, -0.2) is 18.2 Å². The van der Waals surface area contributed by atoms with Gasteiger partial charge in [0.25, 0.3) is 11.5 Å². The van der Waals surface area contributed by atoms with Gasteiger partial charge in [0.1, 0.15) is 0 Å². The number of halogens is 7. The number of aromatic nitrogens is 1. The molecule has 0 spiro atoms. The van der Waals surface area contributed by atoms with Gasteiger partial charge in [0.15, 0.2) is 21.9 Å². The van der Waals surface area contributed by atoms with Crippen molar-refractivity contribution in [2.24, 2.45) is 5.16 Å². The van der Waals surface area contributed by atoms with E-state index in [9.17, 15) is 31.1 Å². The maximum atomic E-state index is 14.2. The number of amides is 1. The molecule has 0 saturated carbocycles. The average molecular weight is 590 g/mol. The zero-order valence-electron chi connectivity index (χ0n) is 20.7. The summed E-state index contributed by atoms with van der Waals surface area (Å²) in [5.74, 6) is -5.73. The third-order valence-electron chi connectivity index (χ3n) is 6.37. The molecule has 39 heavy (non-hydrogen) atoms. The second-order valence-corrected chi connectivity index (χ2v) is 10.8. The first kappa shape index (κ1) is 28.9. The lowest BCUT2D eigenvalue weighted by molar-refractivity contribution is -0.276. The Morgan fingerprint density at radius 3 is 2.44 bits per heavy atom. The third kappa shape index (κ3) is 5.76. The molecular formula is C26H22ClF6N3O2S. The lowest BCUT2D eigenvalue weighted by Gasteiger charge is -2.29. The van der Waals surface area contributed by atoms with Gasteiger partial charge in [-0.2, -0.15) is 13.2 Å². The van der Waals surface area contributed by atoms with Crippen LogP contribution in [0, 0.1) is 24.4 Å². The summed E-state index contributed by atoms with van der Waals surface area (Å²) in [7, 11) is 0. The standard InChI is InChI=1S/C26H22ClF6N3O2S/c1-3-4-7-36(13-17-12-34-24(27)39-17)23(37)18-6-5-15(8-14(18)2)21-11-25(38-35-21,26(31,32)33)16-9-19(28)22(30)20(29)10-16/h5-6,8-10,12H,3-4,7,11,13H2,1-2H3. The molecule has 5 nitrogen and oxygen atoms in total. The molecule has 208 valence electrons. The number of benzene rings is 2. The van der Waals surface area contributed by atoms with E-state index in [0.29, 0.717) is 28.7 Å². The molecule has 0 fully saturated rings. The van der Waals surface area contributed by atoms with E-state index in [1.165, 1.54) is 29.5 Å². The zero-order chi connectivity index (χ0) is 28.5. The summed E-state index contributed by atoms with van der Waals surface area (Å²) in [5.41, 5.74) is -3.27. The van der Waals surface area contributed by atoms with Crippen molar-refractivity contribution in [2.45, 2.75) is 51.4 Å². The molecule has 0 N–H and O–H groups in total. The van der Waals surface area contributed by atoms with E-state index >= 15 is 0 Å². The van der Waals surface area contributed by atoms with Gasteiger partial charge in [-0.3, -0.25) is 4.79 Å². The first-order chi connectivity index (χ1) is 18.4. The lowest BCUT2D eigenvalue weighted by Crippen LogP contribution is -2.43. The number of hydrogen-bond acceptors (Lipinski definition) is 5. The Labute approximate surface area is 229 Å². The average Bonchev–Trinajstić information content (AvgIpc) is 3.51. The normalized spacial score (nSPS) is 17.2. The number of carbonyl (C=O) groups excluding carboxylic acids is 1. The largest absolute Gasteiger partial charge is 0.435 e. The molecule has 1 aromatic heterocycles. The van der Waals surface area contributed by atoms with E-state index in [2.05, 4.69) is 10.1 Å². The molecule has 3 aromatic rings. The van der Waals surface area contributed by atoms with Gasteiger partial charge in [0.2, 0.25) is 0 Å². The van der Waals surface area contributed by atoms with E-state index in [4.69, 9.17) is 16.4 Å². The fourth-order valence-corrected chi connectivity index (χ4v) is 5.24. The Balaban J connectivity index is 1.61. The molecule has 2 aromatic carbocycles. The second-order valence-electron chi connectivity index (χ2n) is 9.07. The molecular weight excluding hydrogens is 568 g/mol. The molecule has 1 aliphatic rings. The molecule has 1 unspecified atom stereocenters. The number of unbranched alkanes of at least 4 members (excludes halogenated alkanes) is 1. The first-order valence-corrected chi connectivity index (χ1v) is 13.0. The number of alkyl halides is 3. The number of hydrogen-bond donors (Lipinski definition) is 0. The topological polar surface area (TPSA) is 54.8 Å². The van der Waals surface area contributed by atoms with E-state index in [1.54, 1.807) is 18.0 Å². The lowest BCUT2D eigenvalue weighted by atomic mass is 9.86. The summed E-state index contributed by atoms with van der Waals surface area (Å²) in [5, 5.41) is 3.58. The SMILES string of the molecule is CCCCN(Cc1cnc(Cl)s1)C(=O)c1ccc(C2=NOC(c3cc(F)c(F)c(F)c3)(C(F)(F)F)C2)cc1C. The quantitative estimate of drug-likeness (QED) is 0.201. The molecule has 0 radical (unpaired) electrons. The maximum Gasteiger partial charge on any atom is 0.435 e. The van der Waals surface area contributed by atoms with Crippen LogP contribution in [0.2, 0.25) is 4.47 Å². The number of rotatable bonds is 8. The smallest absolute Gasteiger partial charge is 0.374 e. The summed E-state index contributed by atoms with van der Waals surface area (Å²) in [6, 6.07) is 4.91. The number of thiazole rings is 1. The van der Waals surface area contributed by atoms with Crippen LogP contribution in [0.3, 0.4) is 0 Å². The van der Waals surface area contributed by atoms with Gasteiger partial charge in [-0.15, -0.1) is 11.3 Å². The van der Waals surface area contributed by atoms with Crippen molar-refractivity contribution in [3.63, 3.8) is 0 Å². The fraction of sp³-hybridized carbons (Fsp3) is 0.346. The minimum atomic E-state index is -5.14. The maximum absolute atomic E-state index is 14.2. The highest BCUT2D eigenvalue weighted by Crippen LogP contribution is 2.49. The molecule has 0 bridgehead atoms. The van der Waals surface area contributed by atoms with Crippen LogP contribution >= 0.6 is 22.9 Å². The van der Waals surface area contributed by atoms with Crippen molar-refractivity contribution < 1.29 is 36.0 Å². The monoisotopic (exact) mass is 589 g/mol. The number of oxime groups is 1. The van der Waals surface area contributed by atoms with Crippen molar-refractivity contribution in [2.75, 3.05) is 6.54 Å². The number of carbonyl (C=O) groups is 1. The van der Waals surface area contributed by atoms with Gasteiger partial charge in [-0.1, -0.05) is 36.2 Å². The summed E-state index contributed by atoms with van der Waals surface area (Å²) < 4.78 is 83.9. The Hall–Kier alpha value is -3.12. The predicted molar refractivity (Wildman–Crippen MR) is 134 cm³/mol. The summed E-state index contributed by atoms with van der Waals surface area (Å²) in [6.07, 6.45) is -2.84. The zero-order valence-corrected chi connectivity index (χ0v) is 22.3. The van der Waals surface area contributed by atoms with Crippen LogP contribution in [0.25, 0.3) is 0 Å². The Morgan fingerprint density at radius 1 is 1.18 bits per heavy atom. The van der Waals surface area contributed by atoms with Gasteiger partial charge in [0, 0.05) is 35.2 Å². The second kappa shape index (κ2) is 11.2. The summed E-state index contributed by atoms with van der Waals surface area (Å²) in [4.78, 5) is 24.6. The van der Waals surface area contributed by atoms with E-state index in [-0.39, 0.29) is 29.3 Å². The van der Waals surface area contributed by atoms with E-state index < -0.39 is 41.2 Å². The molecule has 0 aliphatic carbocycles. The molecule has 0 saturated heterocycles. The van der Waals surface area contributed by atoms with Crippen LogP contribution in [0.15, 0.2) is 41.7 Å². The Bertz CT molecular complexity index is 1400. The van der Waals surface area contributed by atoms with E-state index in [0.717, 1.165) is 17.7 Å². The summed E-state index contributed by atoms with van der Waals surface area (Å²) >= 11 is 7.18. The van der Waals surface area contributed by atoms with Gasteiger partial charge in [-0.05, 0) is 48.7 Å². The minimum Gasteiger partial charge on any atom is -0.374 e. The van der Waals surface area contributed by atoms with Crippen LogP contribution in [-0.4, -0.2) is 34.2 Å². The van der Waals surface area contributed by atoms with Gasteiger partial charge >= 0.3 is 6.18 Å². The molecule has 1 amide bonds. The van der Waals surface area contributed by atoms with Gasteiger partial charge in [0.05, 0.1) is 12.3 Å². The van der Waals surface area contributed by atoms with Crippen LogP contribution in [-0.2, 0) is 17.0 Å². The van der Waals surface area contributed by atoms with E-state index in [1.807, 2.05) is 6.92 Å². The van der Waals surface area contributed by atoms with Crippen molar-refractivity contribution in [3.8, 4) is 0 Å². The van der Waals surface area contributed by atoms with Crippen molar-refractivity contribution in [1.82, 2.24) is 9.88 Å². The van der Waals surface area contributed by atoms with Crippen LogP contribution < -0.4 is 0 Å². The highest BCUT2D eigenvalue weighted by atomic mass is 35.5. The highest BCUT2D eigenvalue weighted by Gasteiger charge is 2.62. The highest BCUT2D eigenvalue weighted by molar-refractivity contribution is 7.15. The molecule has 1 aliphatic heterocycles. The molecule has 1 atom stereocenters. The van der Waals surface area contributed by atoms with Crippen LogP contribution in [0.4, 0.5) is 26.3 Å². The Morgan fingerprint density at radius 2 is 1.87 bits per heavy atom. The summed E-state index contributed by atoms with van der Waals surface area (Å²) in [6.45, 7) is 4.40. The van der Waals surface area contributed by atoms with Crippen molar-refractivity contribution in [3.05, 3.63) is 85.6 Å². The predicted octanol–water partition coefficient (Wildman–Crippen LogP) is 7.55. The van der Waals surface area contributed by atoms with Crippen LogP contribution in [0.1, 0.15) is 58.1 Å². The number of nitrogens with zero attached hydrogens (tertiary/aromatic N) is 3. The van der Waals surface area contributed by atoms with Crippen molar-refractivity contribution >= 4 is 34.6 Å².